The van der Waals surface area contributed by atoms with Gasteiger partial charge in [0.15, 0.2) is 0 Å². The molecule has 0 bridgehead atoms. The lowest BCUT2D eigenvalue weighted by Crippen LogP contribution is -2.32. The second-order valence-electron chi connectivity index (χ2n) is 4.88. The molecule has 2 amide bonds. The average molecular weight is 284 g/mol. The minimum Gasteiger partial charge on any atom is -0.381 e. The van der Waals surface area contributed by atoms with E-state index in [0.29, 0.717) is 12.5 Å². The van der Waals surface area contributed by atoms with Crippen LogP contribution in [0.3, 0.4) is 0 Å². The molecule has 4 nitrogen and oxygen atoms in total. The van der Waals surface area contributed by atoms with Crippen molar-refractivity contribution in [1.29, 1.82) is 0 Å². The third-order valence-corrected chi connectivity index (χ3v) is 3.27. The molecule has 0 radical (unpaired) electrons. The van der Waals surface area contributed by atoms with Crippen LogP contribution in [0.15, 0.2) is 18.2 Å². The van der Waals surface area contributed by atoms with E-state index in [1.165, 1.54) is 6.07 Å². The average Bonchev–Trinajstić information content (AvgIpc) is 2.43. The number of rotatable bonds is 4. The van der Waals surface area contributed by atoms with E-state index in [2.05, 4.69) is 10.6 Å². The van der Waals surface area contributed by atoms with Gasteiger partial charge in [0.05, 0.1) is 5.69 Å². The lowest BCUT2D eigenvalue weighted by atomic mass is 9.99. The normalized spacial score (nSPS) is 18.6. The second kappa shape index (κ2) is 7.19. The Labute approximate surface area is 116 Å². The van der Waals surface area contributed by atoms with Crippen LogP contribution >= 0.6 is 0 Å². The number of nitrogens with one attached hydrogen (secondary N) is 2. The SMILES string of the molecule is O=C(NCC[C@H]1CCCOC1)Nc1ccc(F)cc1F. The molecule has 1 fully saturated rings. The Morgan fingerprint density at radius 1 is 1.40 bits per heavy atom. The molecule has 20 heavy (non-hydrogen) atoms. The molecular weight excluding hydrogens is 266 g/mol. The Morgan fingerprint density at radius 2 is 2.25 bits per heavy atom. The highest BCUT2D eigenvalue weighted by molar-refractivity contribution is 5.89. The number of carbonyl (C=O) groups is 1. The van der Waals surface area contributed by atoms with Gasteiger partial charge in [0, 0.05) is 25.8 Å². The molecule has 110 valence electrons. The van der Waals surface area contributed by atoms with Crippen LogP contribution in [0.25, 0.3) is 0 Å². The van der Waals surface area contributed by atoms with Crippen LogP contribution in [0.5, 0.6) is 0 Å². The Morgan fingerprint density at radius 3 is 2.95 bits per heavy atom. The van der Waals surface area contributed by atoms with Gasteiger partial charge >= 0.3 is 6.03 Å². The molecule has 1 heterocycles. The summed E-state index contributed by atoms with van der Waals surface area (Å²) in [5.41, 5.74) is -0.0371. The molecule has 2 rings (SSSR count). The van der Waals surface area contributed by atoms with E-state index in [-0.39, 0.29) is 5.69 Å². The smallest absolute Gasteiger partial charge is 0.319 e. The molecule has 0 spiro atoms. The van der Waals surface area contributed by atoms with Crippen molar-refractivity contribution in [3.8, 4) is 0 Å². The molecule has 0 saturated carbocycles. The van der Waals surface area contributed by atoms with E-state index < -0.39 is 17.7 Å². The Kier molecular flexibility index (Phi) is 5.29. The monoisotopic (exact) mass is 284 g/mol. The van der Waals surface area contributed by atoms with Crippen LogP contribution in [0.2, 0.25) is 0 Å². The first-order valence-electron chi connectivity index (χ1n) is 6.73. The van der Waals surface area contributed by atoms with Crippen molar-refractivity contribution in [1.82, 2.24) is 5.32 Å². The molecule has 1 aliphatic heterocycles. The first-order chi connectivity index (χ1) is 9.65. The number of anilines is 1. The van der Waals surface area contributed by atoms with Crippen molar-refractivity contribution in [2.24, 2.45) is 5.92 Å². The number of amides is 2. The van der Waals surface area contributed by atoms with Crippen molar-refractivity contribution >= 4 is 11.7 Å². The number of hydrogen-bond acceptors (Lipinski definition) is 2. The molecule has 1 atom stereocenters. The maximum atomic E-state index is 13.3. The molecule has 0 aromatic heterocycles. The third-order valence-electron chi connectivity index (χ3n) is 3.27. The highest BCUT2D eigenvalue weighted by Gasteiger charge is 2.14. The summed E-state index contributed by atoms with van der Waals surface area (Å²) in [5.74, 6) is -1.00. The number of halogens is 2. The van der Waals surface area contributed by atoms with E-state index in [1.54, 1.807) is 0 Å². The van der Waals surface area contributed by atoms with Crippen LogP contribution in [0.1, 0.15) is 19.3 Å². The van der Waals surface area contributed by atoms with Gasteiger partial charge in [-0.1, -0.05) is 0 Å². The van der Waals surface area contributed by atoms with E-state index in [1.807, 2.05) is 0 Å². The number of benzene rings is 1. The molecular formula is C14H18F2N2O2. The largest absolute Gasteiger partial charge is 0.381 e. The summed E-state index contributed by atoms with van der Waals surface area (Å²) in [7, 11) is 0. The van der Waals surface area contributed by atoms with Crippen LogP contribution in [-0.4, -0.2) is 25.8 Å². The molecule has 0 aliphatic carbocycles. The van der Waals surface area contributed by atoms with Crippen molar-refractivity contribution < 1.29 is 18.3 Å². The Hall–Kier alpha value is -1.69. The van der Waals surface area contributed by atoms with Gasteiger partial charge in [-0.05, 0) is 37.3 Å². The quantitative estimate of drug-likeness (QED) is 0.893. The molecule has 1 aliphatic rings. The third kappa shape index (κ3) is 4.45. The highest BCUT2D eigenvalue weighted by atomic mass is 19.1. The number of urea groups is 1. The van der Waals surface area contributed by atoms with Gasteiger partial charge < -0.3 is 15.4 Å². The van der Waals surface area contributed by atoms with Crippen molar-refractivity contribution in [3.63, 3.8) is 0 Å². The standard InChI is InChI=1S/C14H18F2N2O2/c15-11-3-4-13(12(16)8-11)18-14(19)17-6-5-10-2-1-7-20-9-10/h3-4,8,10H,1-2,5-7,9H2,(H2,17,18,19)/t10-/m1/s1. The van der Waals surface area contributed by atoms with Gasteiger partial charge in [-0.15, -0.1) is 0 Å². The van der Waals surface area contributed by atoms with E-state index in [4.69, 9.17) is 4.74 Å². The van der Waals surface area contributed by atoms with Crippen LogP contribution in [0, 0.1) is 17.6 Å². The molecule has 0 unspecified atom stereocenters. The molecule has 1 aromatic carbocycles. The van der Waals surface area contributed by atoms with Gasteiger partial charge in [-0.2, -0.15) is 0 Å². The zero-order valence-electron chi connectivity index (χ0n) is 11.1. The summed E-state index contributed by atoms with van der Waals surface area (Å²) < 4.78 is 31.4. The molecule has 2 N–H and O–H groups in total. The van der Waals surface area contributed by atoms with E-state index >= 15 is 0 Å². The summed E-state index contributed by atoms with van der Waals surface area (Å²) in [6, 6.07) is 2.53. The zero-order chi connectivity index (χ0) is 14.4. The number of carbonyl (C=O) groups excluding carboxylic acids is 1. The lowest BCUT2D eigenvalue weighted by Gasteiger charge is -2.21. The predicted molar refractivity (Wildman–Crippen MR) is 71.5 cm³/mol. The lowest BCUT2D eigenvalue weighted by molar-refractivity contribution is 0.0520. The molecule has 1 aromatic rings. The summed E-state index contributed by atoms with van der Waals surface area (Å²) >= 11 is 0. The van der Waals surface area contributed by atoms with Crippen LogP contribution < -0.4 is 10.6 Å². The first kappa shape index (κ1) is 14.7. The Bertz CT molecular complexity index is 462. The summed E-state index contributed by atoms with van der Waals surface area (Å²) in [6.45, 7) is 2.05. The maximum Gasteiger partial charge on any atom is 0.319 e. The van der Waals surface area contributed by atoms with Gasteiger partial charge in [0.1, 0.15) is 11.6 Å². The van der Waals surface area contributed by atoms with Gasteiger partial charge in [0.25, 0.3) is 0 Å². The van der Waals surface area contributed by atoms with Gasteiger partial charge in [-0.3, -0.25) is 0 Å². The summed E-state index contributed by atoms with van der Waals surface area (Å²) in [6.07, 6.45) is 2.99. The predicted octanol–water partition coefficient (Wildman–Crippen LogP) is 2.90. The minimum atomic E-state index is -0.791. The van der Waals surface area contributed by atoms with E-state index in [0.717, 1.165) is 44.6 Å². The highest BCUT2D eigenvalue weighted by Crippen LogP contribution is 2.17. The van der Waals surface area contributed by atoms with Crippen molar-refractivity contribution in [2.75, 3.05) is 25.1 Å². The Balaban J connectivity index is 1.72. The zero-order valence-corrected chi connectivity index (χ0v) is 11.1. The fourth-order valence-corrected chi connectivity index (χ4v) is 2.18. The topological polar surface area (TPSA) is 50.4 Å². The minimum absolute atomic E-state index is 0.0371. The fourth-order valence-electron chi connectivity index (χ4n) is 2.18. The van der Waals surface area contributed by atoms with Crippen molar-refractivity contribution in [2.45, 2.75) is 19.3 Å². The van der Waals surface area contributed by atoms with Crippen LogP contribution in [0.4, 0.5) is 19.3 Å². The maximum absolute atomic E-state index is 13.3. The summed E-state index contributed by atoms with van der Waals surface area (Å²) in [4.78, 5) is 11.6. The van der Waals surface area contributed by atoms with Gasteiger partial charge in [-0.25, -0.2) is 13.6 Å². The van der Waals surface area contributed by atoms with Crippen molar-refractivity contribution in [3.05, 3.63) is 29.8 Å². The second-order valence-corrected chi connectivity index (χ2v) is 4.88. The first-order valence-corrected chi connectivity index (χ1v) is 6.73. The fraction of sp³-hybridized carbons (Fsp3) is 0.500. The molecule has 1 saturated heterocycles. The van der Waals surface area contributed by atoms with Gasteiger partial charge in [0.2, 0.25) is 0 Å². The number of ether oxygens (including phenoxy) is 1. The van der Waals surface area contributed by atoms with Crippen LogP contribution in [-0.2, 0) is 4.74 Å². The van der Waals surface area contributed by atoms with E-state index in [9.17, 15) is 13.6 Å². The molecule has 6 heteroatoms. The number of hydrogen-bond donors (Lipinski definition) is 2. The summed E-state index contributed by atoms with van der Waals surface area (Å²) in [5, 5.41) is 5.01.